The van der Waals surface area contributed by atoms with Crippen molar-refractivity contribution >= 4 is 23.2 Å². The lowest BCUT2D eigenvalue weighted by Gasteiger charge is -2.27. The standard InChI is InChI=1S/C15H12ClF2N3/c16-11-3-1-2-4-13(11)21-14(8-20-15(21)19)10-6-5-9(17)7-12(10)18/h1-7,14H,8H2,(H2,19,20). The zero-order valence-corrected chi connectivity index (χ0v) is 11.7. The summed E-state index contributed by atoms with van der Waals surface area (Å²) in [4.78, 5) is 5.82. The minimum atomic E-state index is -0.623. The molecule has 0 saturated carbocycles. The van der Waals surface area contributed by atoms with Crippen LogP contribution in [0.4, 0.5) is 14.5 Å². The van der Waals surface area contributed by atoms with Crippen molar-refractivity contribution in [1.82, 2.24) is 0 Å². The van der Waals surface area contributed by atoms with E-state index in [-0.39, 0.29) is 5.96 Å². The Labute approximate surface area is 125 Å². The van der Waals surface area contributed by atoms with Gasteiger partial charge in [0.15, 0.2) is 5.96 Å². The SMILES string of the molecule is NC1=NCC(c2ccc(F)cc2F)N1c1ccccc1Cl. The highest BCUT2D eigenvalue weighted by molar-refractivity contribution is 6.33. The predicted molar refractivity (Wildman–Crippen MR) is 79.5 cm³/mol. The van der Waals surface area contributed by atoms with Gasteiger partial charge >= 0.3 is 0 Å². The minimum Gasteiger partial charge on any atom is -0.369 e. The summed E-state index contributed by atoms with van der Waals surface area (Å²) >= 11 is 6.18. The number of rotatable bonds is 2. The van der Waals surface area contributed by atoms with Crippen molar-refractivity contribution in [3.05, 3.63) is 64.7 Å². The number of para-hydroxylation sites is 1. The molecule has 0 bridgehead atoms. The Kier molecular flexibility index (Phi) is 3.51. The summed E-state index contributed by atoms with van der Waals surface area (Å²) in [5.41, 5.74) is 6.89. The Bertz CT molecular complexity index is 718. The molecule has 1 aliphatic rings. The van der Waals surface area contributed by atoms with Crippen molar-refractivity contribution in [2.45, 2.75) is 6.04 Å². The monoisotopic (exact) mass is 307 g/mol. The van der Waals surface area contributed by atoms with Crippen LogP contribution in [0.2, 0.25) is 5.02 Å². The van der Waals surface area contributed by atoms with E-state index in [1.165, 1.54) is 12.1 Å². The predicted octanol–water partition coefficient (Wildman–Crippen LogP) is 3.49. The highest BCUT2D eigenvalue weighted by atomic mass is 35.5. The van der Waals surface area contributed by atoms with Gasteiger partial charge in [-0.15, -0.1) is 0 Å². The van der Waals surface area contributed by atoms with Crippen molar-refractivity contribution in [3.63, 3.8) is 0 Å². The Balaban J connectivity index is 2.05. The van der Waals surface area contributed by atoms with Crippen LogP contribution in [0, 0.1) is 11.6 Å². The zero-order chi connectivity index (χ0) is 15.0. The lowest BCUT2D eigenvalue weighted by atomic mass is 10.0. The number of benzene rings is 2. The molecule has 0 fully saturated rings. The molecular formula is C15H12ClF2N3. The van der Waals surface area contributed by atoms with E-state index in [2.05, 4.69) is 4.99 Å². The van der Waals surface area contributed by atoms with Gasteiger partial charge in [0.05, 0.1) is 23.3 Å². The van der Waals surface area contributed by atoms with Crippen LogP contribution in [0.1, 0.15) is 11.6 Å². The molecule has 1 atom stereocenters. The third-order valence-electron chi connectivity index (χ3n) is 3.42. The fourth-order valence-corrected chi connectivity index (χ4v) is 2.67. The normalized spacial score (nSPS) is 18.0. The van der Waals surface area contributed by atoms with Gasteiger partial charge in [0, 0.05) is 11.6 Å². The van der Waals surface area contributed by atoms with E-state index in [0.717, 1.165) is 6.07 Å². The number of anilines is 1. The molecule has 0 spiro atoms. The fraction of sp³-hybridized carbons (Fsp3) is 0.133. The molecule has 1 unspecified atom stereocenters. The van der Waals surface area contributed by atoms with Crippen molar-refractivity contribution < 1.29 is 8.78 Å². The third kappa shape index (κ3) is 2.45. The average Bonchev–Trinajstić information content (AvgIpc) is 2.81. The number of guanidine groups is 1. The first kappa shape index (κ1) is 13.8. The van der Waals surface area contributed by atoms with E-state index in [9.17, 15) is 8.78 Å². The van der Waals surface area contributed by atoms with E-state index < -0.39 is 17.7 Å². The van der Waals surface area contributed by atoms with Gasteiger partial charge in [-0.05, 0) is 18.2 Å². The molecule has 0 aliphatic carbocycles. The summed E-state index contributed by atoms with van der Waals surface area (Å²) in [5, 5.41) is 0.491. The molecule has 21 heavy (non-hydrogen) atoms. The van der Waals surface area contributed by atoms with Gasteiger partial charge in [-0.1, -0.05) is 29.8 Å². The first-order chi connectivity index (χ1) is 10.1. The van der Waals surface area contributed by atoms with Gasteiger partial charge in [0.1, 0.15) is 11.6 Å². The van der Waals surface area contributed by atoms with Crippen LogP contribution in [-0.2, 0) is 0 Å². The maximum Gasteiger partial charge on any atom is 0.196 e. The van der Waals surface area contributed by atoms with Gasteiger partial charge in [-0.2, -0.15) is 0 Å². The molecule has 6 heteroatoms. The molecule has 0 aromatic heterocycles. The summed E-state index contributed by atoms with van der Waals surface area (Å²) < 4.78 is 27.1. The van der Waals surface area contributed by atoms with Crippen LogP contribution >= 0.6 is 11.6 Å². The van der Waals surface area contributed by atoms with Gasteiger partial charge in [0.2, 0.25) is 0 Å². The summed E-state index contributed by atoms with van der Waals surface area (Å²) in [6.45, 7) is 0.291. The van der Waals surface area contributed by atoms with Crippen molar-refractivity contribution in [3.8, 4) is 0 Å². The number of hydrogen-bond acceptors (Lipinski definition) is 3. The Morgan fingerprint density at radius 1 is 1.19 bits per heavy atom. The van der Waals surface area contributed by atoms with Gasteiger partial charge in [0.25, 0.3) is 0 Å². The first-order valence-electron chi connectivity index (χ1n) is 6.36. The average molecular weight is 308 g/mol. The van der Waals surface area contributed by atoms with Gasteiger partial charge in [-0.3, -0.25) is 4.99 Å². The summed E-state index contributed by atoms with van der Waals surface area (Å²) in [7, 11) is 0. The molecule has 2 N–H and O–H groups in total. The van der Waals surface area contributed by atoms with E-state index in [0.29, 0.717) is 22.8 Å². The third-order valence-corrected chi connectivity index (χ3v) is 3.74. The van der Waals surface area contributed by atoms with Crippen LogP contribution in [0.25, 0.3) is 0 Å². The molecule has 3 rings (SSSR count). The van der Waals surface area contributed by atoms with Crippen molar-refractivity contribution in [1.29, 1.82) is 0 Å². The number of halogens is 3. The Hall–Kier alpha value is -2.14. The second-order valence-corrected chi connectivity index (χ2v) is 5.11. The molecule has 1 heterocycles. The topological polar surface area (TPSA) is 41.6 Å². The largest absolute Gasteiger partial charge is 0.369 e. The fourth-order valence-electron chi connectivity index (χ4n) is 2.45. The molecule has 0 saturated heterocycles. The lowest BCUT2D eigenvalue weighted by molar-refractivity contribution is 0.560. The van der Waals surface area contributed by atoms with Crippen molar-refractivity contribution in [2.24, 2.45) is 10.7 Å². The van der Waals surface area contributed by atoms with Crippen LogP contribution in [-0.4, -0.2) is 12.5 Å². The van der Waals surface area contributed by atoms with E-state index in [1.807, 2.05) is 6.07 Å². The van der Waals surface area contributed by atoms with Crippen LogP contribution in [0.15, 0.2) is 47.5 Å². The maximum atomic E-state index is 14.0. The molecule has 108 valence electrons. The molecule has 0 amide bonds. The Morgan fingerprint density at radius 2 is 1.95 bits per heavy atom. The number of nitrogens with two attached hydrogens (primary N) is 1. The second kappa shape index (κ2) is 5.33. The Morgan fingerprint density at radius 3 is 2.67 bits per heavy atom. The summed E-state index contributed by atoms with van der Waals surface area (Å²) in [5.74, 6) is -0.980. The van der Waals surface area contributed by atoms with E-state index >= 15 is 0 Å². The van der Waals surface area contributed by atoms with Crippen LogP contribution in [0.5, 0.6) is 0 Å². The van der Waals surface area contributed by atoms with Crippen LogP contribution in [0.3, 0.4) is 0 Å². The zero-order valence-electron chi connectivity index (χ0n) is 10.9. The molecule has 2 aromatic carbocycles. The highest BCUT2D eigenvalue weighted by Crippen LogP contribution is 2.36. The van der Waals surface area contributed by atoms with Gasteiger partial charge in [-0.25, -0.2) is 8.78 Å². The number of hydrogen-bond donors (Lipinski definition) is 1. The molecule has 3 nitrogen and oxygen atoms in total. The van der Waals surface area contributed by atoms with Gasteiger partial charge < -0.3 is 10.6 Å². The van der Waals surface area contributed by atoms with E-state index in [1.54, 1.807) is 23.1 Å². The highest BCUT2D eigenvalue weighted by Gasteiger charge is 2.31. The van der Waals surface area contributed by atoms with E-state index in [4.69, 9.17) is 17.3 Å². The molecule has 2 aromatic rings. The smallest absolute Gasteiger partial charge is 0.196 e. The van der Waals surface area contributed by atoms with Crippen LogP contribution < -0.4 is 10.6 Å². The molecule has 1 aliphatic heterocycles. The summed E-state index contributed by atoms with van der Waals surface area (Å²) in [6.07, 6.45) is 0. The number of aliphatic imine (C=N–C) groups is 1. The minimum absolute atomic E-state index is 0.261. The number of nitrogens with zero attached hydrogens (tertiary/aromatic N) is 2. The first-order valence-corrected chi connectivity index (χ1v) is 6.74. The maximum absolute atomic E-state index is 14.0. The lowest BCUT2D eigenvalue weighted by Crippen LogP contribution is -2.36. The van der Waals surface area contributed by atoms with Crippen molar-refractivity contribution in [2.75, 3.05) is 11.4 Å². The summed E-state index contributed by atoms with van der Waals surface area (Å²) in [6, 6.07) is 10.2. The quantitative estimate of drug-likeness (QED) is 0.922. The molecule has 0 radical (unpaired) electrons. The second-order valence-electron chi connectivity index (χ2n) is 4.70. The molecular weight excluding hydrogens is 296 g/mol.